The minimum atomic E-state index is -1.00. The molecule has 0 aliphatic heterocycles. The fourth-order valence-electron chi connectivity index (χ4n) is 2.21. The van der Waals surface area contributed by atoms with Crippen LogP contribution in [0.1, 0.15) is 31.1 Å². The van der Waals surface area contributed by atoms with Crippen molar-refractivity contribution in [2.75, 3.05) is 0 Å². The van der Waals surface area contributed by atoms with Gasteiger partial charge in [-0.15, -0.1) is 0 Å². The van der Waals surface area contributed by atoms with Gasteiger partial charge in [0, 0.05) is 0 Å². The van der Waals surface area contributed by atoms with Crippen LogP contribution < -0.4 is 0 Å². The maximum atomic E-state index is 11.6. The van der Waals surface area contributed by atoms with Gasteiger partial charge in [0.2, 0.25) is 0 Å². The van der Waals surface area contributed by atoms with Gasteiger partial charge in [0.1, 0.15) is 0 Å². The van der Waals surface area contributed by atoms with Gasteiger partial charge in [0.15, 0.2) is 0 Å². The summed E-state index contributed by atoms with van der Waals surface area (Å²) in [6, 6.07) is 19.3. The Kier molecular flexibility index (Phi) is 4.76. The van der Waals surface area contributed by atoms with Gasteiger partial charge >= 0.3 is 5.97 Å². The Bertz CT molecular complexity index is 576. The molecule has 0 radical (unpaired) electrons. The van der Waals surface area contributed by atoms with Crippen molar-refractivity contribution in [3.8, 4) is 0 Å². The molecule has 3 heteroatoms. The number of carboxylic acids is 1. The molecule has 0 saturated carbocycles. The summed E-state index contributed by atoms with van der Waals surface area (Å²) in [5, 5.41) is 9.49. The zero-order valence-corrected chi connectivity index (χ0v) is 12.3. The third-order valence-electron chi connectivity index (χ3n) is 3.57. The van der Waals surface area contributed by atoms with Gasteiger partial charge in [0.05, 0.1) is 18.1 Å². The van der Waals surface area contributed by atoms with E-state index in [1.807, 2.05) is 60.7 Å². The third-order valence-corrected chi connectivity index (χ3v) is 3.57. The SMILES string of the molecule is CC(C)(C(=O)O)C(OCc1ccccc1)c1ccccc1. The molecule has 110 valence electrons. The van der Waals surface area contributed by atoms with Crippen LogP contribution in [0, 0.1) is 5.41 Å². The zero-order chi connectivity index (χ0) is 15.3. The van der Waals surface area contributed by atoms with Crippen LogP contribution in [0.15, 0.2) is 60.7 Å². The Morgan fingerprint density at radius 1 is 1.05 bits per heavy atom. The number of rotatable bonds is 6. The molecule has 2 rings (SSSR count). The van der Waals surface area contributed by atoms with E-state index in [9.17, 15) is 9.90 Å². The number of aliphatic carboxylic acids is 1. The van der Waals surface area contributed by atoms with Crippen LogP contribution >= 0.6 is 0 Å². The number of hydrogen-bond acceptors (Lipinski definition) is 2. The predicted octanol–water partition coefficient (Wildman–Crippen LogP) is 4.06. The molecule has 0 heterocycles. The molecule has 0 spiro atoms. The molecule has 0 fully saturated rings. The fourth-order valence-corrected chi connectivity index (χ4v) is 2.21. The van der Waals surface area contributed by atoms with E-state index >= 15 is 0 Å². The molecule has 1 unspecified atom stereocenters. The van der Waals surface area contributed by atoms with Gasteiger partial charge in [0.25, 0.3) is 0 Å². The first-order valence-corrected chi connectivity index (χ1v) is 6.95. The summed E-state index contributed by atoms with van der Waals surface area (Å²) in [5.74, 6) is -0.871. The maximum Gasteiger partial charge on any atom is 0.312 e. The third kappa shape index (κ3) is 3.70. The molecule has 0 aliphatic rings. The van der Waals surface area contributed by atoms with E-state index in [0.717, 1.165) is 11.1 Å². The largest absolute Gasteiger partial charge is 0.481 e. The average molecular weight is 284 g/mol. The van der Waals surface area contributed by atoms with Crippen LogP contribution in [0.4, 0.5) is 0 Å². The average Bonchev–Trinajstić information content (AvgIpc) is 2.49. The number of carbonyl (C=O) groups is 1. The predicted molar refractivity (Wildman–Crippen MR) is 81.8 cm³/mol. The van der Waals surface area contributed by atoms with Crippen molar-refractivity contribution < 1.29 is 14.6 Å². The van der Waals surface area contributed by atoms with Crippen molar-refractivity contribution in [1.29, 1.82) is 0 Å². The summed E-state index contributed by atoms with van der Waals surface area (Å²) in [7, 11) is 0. The highest BCUT2D eigenvalue weighted by Gasteiger charge is 2.38. The molecule has 0 saturated heterocycles. The van der Waals surface area contributed by atoms with Crippen LogP contribution in [0.3, 0.4) is 0 Å². The van der Waals surface area contributed by atoms with Gasteiger partial charge < -0.3 is 9.84 Å². The van der Waals surface area contributed by atoms with Crippen LogP contribution in [-0.4, -0.2) is 11.1 Å². The van der Waals surface area contributed by atoms with Gasteiger partial charge in [-0.3, -0.25) is 4.79 Å². The molecule has 1 atom stereocenters. The fraction of sp³-hybridized carbons (Fsp3) is 0.278. The van der Waals surface area contributed by atoms with E-state index in [-0.39, 0.29) is 0 Å². The van der Waals surface area contributed by atoms with E-state index in [4.69, 9.17) is 4.74 Å². The summed E-state index contributed by atoms with van der Waals surface area (Å²) in [6.45, 7) is 3.77. The first kappa shape index (κ1) is 15.3. The van der Waals surface area contributed by atoms with E-state index < -0.39 is 17.5 Å². The Balaban J connectivity index is 2.23. The topological polar surface area (TPSA) is 46.5 Å². The molecule has 0 amide bonds. The van der Waals surface area contributed by atoms with E-state index in [0.29, 0.717) is 6.61 Å². The second kappa shape index (κ2) is 6.55. The first-order valence-electron chi connectivity index (χ1n) is 6.95. The molecule has 3 nitrogen and oxygen atoms in total. The van der Waals surface area contributed by atoms with Crippen LogP contribution in [0.25, 0.3) is 0 Å². The Morgan fingerprint density at radius 3 is 2.10 bits per heavy atom. The number of ether oxygens (including phenoxy) is 1. The molecule has 1 N–H and O–H groups in total. The smallest absolute Gasteiger partial charge is 0.312 e. The number of benzene rings is 2. The quantitative estimate of drug-likeness (QED) is 0.870. The zero-order valence-electron chi connectivity index (χ0n) is 12.3. The Hall–Kier alpha value is -2.13. The van der Waals surface area contributed by atoms with Gasteiger partial charge in [-0.05, 0) is 25.0 Å². The summed E-state index contributed by atoms with van der Waals surface area (Å²) in [5.41, 5.74) is 0.899. The van der Waals surface area contributed by atoms with Gasteiger partial charge in [-0.1, -0.05) is 60.7 Å². The highest BCUT2D eigenvalue weighted by molar-refractivity contribution is 5.74. The maximum absolute atomic E-state index is 11.6. The number of carboxylic acid groups (broad SMARTS) is 1. The molecule has 21 heavy (non-hydrogen) atoms. The number of hydrogen-bond donors (Lipinski definition) is 1. The Morgan fingerprint density at radius 2 is 1.57 bits per heavy atom. The lowest BCUT2D eigenvalue weighted by Crippen LogP contribution is -2.33. The van der Waals surface area contributed by atoms with Crippen LogP contribution in [0.2, 0.25) is 0 Å². The lowest BCUT2D eigenvalue weighted by molar-refractivity contribution is -0.158. The highest BCUT2D eigenvalue weighted by atomic mass is 16.5. The van der Waals surface area contributed by atoms with E-state index in [2.05, 4.69) is 0 Å². The summed E-state index contributed by atoms with van der Waals surface area (Å²) in [4.78, 5) is 11.6. The molecule has 2 aromatic carbocycles. The van der Waals surface area contributed by atoms with Crippen molar-refractivity contribution in [2.24, 2.45) is 5.41 Å². The van der Waals surface area contributed by atoms with Crippen molar-refractivity contribution >= 4 is 5.97 Å². The second-order valence-electron chi connectivity index (χ2n) is 5.61. The molecule has 0 bridgehead atoms. The summed E-state index contributed by atoms with van der Waals surface area (Å²) >= 11 is 0. The standard InChI is InChI=1S/C18H20O3/c1-18(2,17(19)20)16(15-11-7-4-8-12-15)21-13-14-9-5-3-6-10-14/h3-12,16H,13H2,1-2H3,(H,19,20). The lowest BCUT2D eigenvalue weighted by atomic mass is 9.82. The van der Waals surface area contributed by atoms with E-state index in [1.54, 1.807) is 13.8 Å². The molecule has 0 aliphatic carbocycles. The molecule has 2 aromatic rings. The minimum Gasteiger partial charge on any atom is -0.481 e. The van der Waals surface area contributed by atoms with Crippen LogP contribution in [-0.2, 0) is 16.1 Å². The Labute approximate surface area is 125 Å². The molecular formula is C18H20O3. The van der Waals surface area contributed by atoms with Crippen LogP contribution in [0.5, 0.6) is 0 Å². The van der Waals surface area contributed by atoms with Crippen molar-refractivity contribution in [1.82, 2.24) is 0 Å². The monoisotopic (exact) mass is 284 g/mol. The van der Waals surface area contributed by atoms with Crippen molar-refractivity contribution in [3.05, 3.63) is 71.8 Å². The second-order valence-corrected chi connectivity index (χ2v) is 5.61. The van der Waals surface area contributed by atoms with Gasteiger partial charge in [-0.25, -0.2) is 0 Å². The summed E-state index contributed by atoms with van der Waals surface area (Å²) < 4.78 is 5.96. The lowest BCUT2D eigenvalue weighted by Gasteiger charge is -2.31. The van der Waals surface area contributed by atoms with E-state index in [1.165, 1.54) is 0 Å². The van der Waals surface area contributed by atoms with Gasteiger partial charge in [-0.2, -0.15) is 0 Å². The van der Waals surface area contributed by atoms with Crippen molar-refractivity contribution in [3.63, 3.8) is 0 Å². The normalized spacial score (nSPS) is 12.9. The minimum absolute atomic E-state index is 0.386. The molecule has 0 aromatic heterocycles. The highest BCUT2D eigenvalue weighted by Crippen LogP contribution is 2.37. The molecular weight excluding hydrogens is 264 g/mol. The summed E-state index contributed by atoms with van der Waals surface area (Å²) in [6.07, 6.45) is -0.503. The first-order chi connectivity index (χ1) is 10.0. The van der Waals surface area contributed by atoms with Crippen molar-refractivity contribution in [2.45, 2.75) is 26.6 Å².